The van der Waals surface area contributed by atoms with Crippen molar-refractivity contribution in [1.29, 1.82) is 0 Å². The van der Waals surface area contributed by atoms with Crippen LogP contribution in [0, 0.1) is 3.57 Å². The van der Waals surface area contributed by atoms with Crippen LogP contribution in [0.15, 0.2) is 48.5 Å². The number of carbonyl (C=O) groups excluding carboxylic acids is 1. The quantitative estimate of drug-likeness (QED) is 0.730. The van der Waals surface area contributed by atoms with E-state index in [0.29, 0.717) is 5.75 Å². The van der Waals surface area contributed by atoms with E-state index < -0.39 is 0 Å². The molecule has 0 radical (unpaired) electrons. The van der Waals surface area contributed by atoms with Crippen LogP contribution < -0.4 is 10.1 Å². The van der Waals surface area contributed by atoms with Gasteiger partial charge < -0.3 is 10.1 Å². The Morgan fingerprint density at radius 1 is 1.14 bits per heavy atom. The van der Waals surface area contributed by atoms with Crippen LogP contribution in [0.3, 0.4) is 0 Å². The van der Waals surface area contributed by atoms with Gasteiger partial charge in [0.1, 0.15) is 5.75 Å². The molecule has 116 valence electrons. The first-order valence-corrected chi connectivity index (χ1v) is 8.43. The van der Waals surface area contributed by atoms with Gasteiger partial charge in [-0.05, 0) is 71.3 Å². The summed E-state index contributed by atoms with van der Waals surface area (Å²) in [5.41, 5.74) is 2.39. The zero-order chi connectivity index (χ0) is 15.9. The number of amides is 1. The normalized spacial score (nSPS) is 11.8. The number of carbonyl (C=O) groups is 1. The highest BCUT2D eigenvalue weighted by Crippen LogP contribution is 2.15. The molecule has 0 aliphatic carbocycles. The van der Waals surface area contributed by atoms with E-state index in [-0.39, 0.29) is 18.6 Å². The van der Waals surface area contributed by atoms with Crippen LogP contribution in [0.25, 0.3) is 0 Å². The van der Waals surface area contributed by atoms with E-state index in [0.717, 1.165) is 15.6 Å². The summed E-state index contributed by atoms with van der Waals surface area (Å²) in [6.07, 6.45) is 1.02. The molecule has 0 aliphatic rings. The molecule has 0 unspecified atom stereocenters. The fourth-order valence-corrected chi connectivity index (χ4v) is 2.45. The third-order valence-corrected chi connectivity index (χ3v) is 4.17. The predicted octanol–water partition coefficient (Wildman–Crippen LogP) is 4.11. The van der Waals surface area contributed by atoms with Crippen LogP contribution in [0.4, 0.5) is 0 Å². The first kappa shape index (κ1) is 16.8. The van der Waals surface area contributed by atoms with E-state index in [1.165, 1.54) is 5.56 Å². The number of nitrogens with one attached hydrogen (secondary N) is 1. The molecule has 2 rings (SSSR count). The summed E-state index contributed by atoms with van der Waals surface area (Å²) in [7, 11) is 0. The molecule has 0 aromatic heterocycles. The maximum atomic E-state index is 12.0. The molecule has 22 heavy (non-hydrogen) atoms. The standard InChI is InChI=1S/C18H20INO2/c1-3-14-4-6-15(7-5-14)13(2)20-18(21)12-22-17-10-8-16(19)9-11-17/h4-11,13H,3,12H2,1-2H3,(H,20,21)/t13-/m0/s1. The second kappa shape index (κ2) is 8.17. The zero-order valence-corrected chi connectivity index (χ0v) is 15.0. The molecule has 2 aromatic rings. The Balaban J connectivity index is 1.83. The monoisotopic (exact) mass is 409 g/mol. The van der Waals surface area contributed by atoms with Crippen molar-refractivity contribution in [1.82, 2.24) is 5.32 Å². The lowest BCUT2D eigenvalue weighted by Gasteiger charge is -2.15. The summed E-state index contributed by atoms with van der Waals surface area (Å²) in [5, 5.41) is 2.95. The van der Waals surface area contributed by atoms with Gasteiger partial charge in [-0.2, -0.15) is 0 Å². The molecule has 3 nitrogen and oxygen atoms in total. The largest absolute Gasteiger partial charge is 0.484 e. The summed E-state index contributed by atoms with van der Waals surface area (Å²) in [6.45, 7) is 4.13. The van der Waals surface area contributed by atoms with Crippen molar-refractivity contribution in [2.24, 2.45) is 0 Å². The van der Waals surface area contributed by atoms with Gasteiger partial charge in [0.25, 0.3) is 5.91 Å². The molecular weight excluding hydrogens is 389 g/mol. The Morgan fingerprint density at radius 3 is 2.36 bits per heavy atom. The minimum Gasteiger partial charge on any atom is -0.484 e. The van der Waals surface area contributed by atoms with Gasteiger partial charge in [-0.15, -0.1) is 0 Å². The molecule has 1 amide bonds. The molecular formula is C18H20INO2. The lowest BCUT2D eigenvalue weighted by atomic mass is 10.1. The number of hydrogen-bond acceptors (Lipinski definition) is 2. The third-order valence-electron chi connectivity index (χ3n) is 3.45. The van der Waals surface area contributed by atoms with Gasteiger partial charge in [0.15, 0.2) is 6.61 Å². The van der Waals surface area contributed by atoms with Crippen LogP contribution in [-0.2, 0) is 11.2 Å². The molecule has 0 aliphatic heterocycles. The maximum Gasteiger partial charge on any atom is 0.258 e. The molecule has 1 atom stereocenters. The first-order valence-electron chi connectivity index (χ1n) is 7.35. The molecule has 0 bridgehead atoms. The fourth-order valence-electron chi connectivity index (χ4n) is 2.09. The van der Waals surface area contributed by atoms with E-state index in [1.807, 2.05) is 31.2 Å². The minimum atomic E-state index is -0.120. The fraction of sp³-hybridized carbons (Fsp3) is 0.278. The van der Waals surface area contributed by atoms with E-state index in [4.69, 9.17) is 4.74 Å². The molecule has 2 aromatic carbocycles. The average Bonchev–Trinajstić information content (AvgIpc) is 2.54. The van der Waals surface area contributed by atoms with Gasteiger partial charge >= 0.3 is 0 Å². The van der Waals surface area contributed by atoms with Crippen LogP contribution in [0.5, 0.6) is 5.75 Å². The van der Waals surface area contributed by atoms with Crippen molar-refractivity contribution in [2.75, 3.05) is 6.61 Å². The molecule has 0 saturated heterocycles. The highest BCUT2D eigenvalue weighted by molar-refractivity contribution is 14.1. The van der Waals surface area contributed by atoms with E-state index in [9.17, 15) is 4.79 Å². The molecule has 1 N–H and O–H groups in total. The first-order chi connectivity index (χ1) is 10.6. The van der Waals surface area contributed by atoms with Gasteiger partial charge in [0.05, 0.1) is 6.04 Å². The zero-order valence-electron chi connectivity index (χ0n) is 12.8. The molecule has 0 fully saturated rings. The Labute approximate surface area is 145 Å². The number of rotatable bonds is 6. The highest BCUT2D eigenvalue weighted by Gasteiger charge is 2.10. The summed E-state index contributed by atoms with van der Waals surface area (Å²) >= 11 is 2.23. The third kappa shape index (κ3) is 5.02. The van der Waals surface area contributed by atoms with Crippen molar-refractivity contribution in [3.63, 3.8) is 0 Å². The highest BCUT2D eigenvalue weighted by atomic mass is 127. The number of hydrogen-bond donors (Lipinski definition) is 1. The van der Waals surface area contributed by atoms with E-state index in [2.05, 4.69) is 59.1 Å². The van der Waals surface area contributed by atoms with Crippen molar-refractivity contribution >= 4 is 28.5 Å². The summed E-state index contributed by atoms with van der Waals surface area (Å²) in [6, 6.07) is 15.9. The predicted molar refractivity (Wildman–Crippen MR) is 97.0 cm³/mol. The van der Waals surface area contributed by atoms with E-state index >= 15 is 0 Å². The Hall–Kier alpha value is -1.56. The second-order valence-electron chi connectivity index (χ2n) is 5.13. The minimum absolute atomic E-state index is 0.0258. The number of benzene rings is 2. The van der Waals surface area contributed by atoms with Crippen LogP contribution in [0.2, 0.25) is 0 Å². The summed E-state index contributed by atoms with van der Waals surface area (Å²) in [4.78, 5) is 12.0. The number of ether oxygens (including phenoxy) is 1. The molecule has 4 heteroatoms. The average molecular weight is 409 g/mol. The Bertz CT molecular complexity index is 608. The van der Waals surface area contributed by atoms with Gasteiger partial charge in [-0.25, -0.2) is 0 Å². The van der Waals surface area contributed by atoms with Crippen LogP contribution in [0.1, 0.15) is 31.0 Å². The second-order valence-corrected chi connectivity index (χ2v) is 6.37. The lowest BCUT2D eigenvalue weighted by molar-refractivity contribution is -0.123. The molecule has 0 saturated carbocycles. The van der Waals surface area contributed by atoms with Crippen molar-refractivity contribution in [2.45, 2.75) is 26.3 Å². The van der Waals surface area contributed by atoms with E-state index in [1.54, 1.807) is 0 Å². The molecule has 0 heterocycles. The SMILES string of the molecule is CCc1ccc([C@H](C)NC(=O)COc2ccc(I)cc2)cc1. The van der Waals surface area contributed by atoms with Gasteiger partial charge in [0.2, 0.25) is 0 Å². The summed E-state index contributed by atoms with van der Waals surface area (Å²) < 4.78 is 6.62. The van der Waals surface area contributed by atoms with Gasteiger partial charge in [0, 0.05) is 3.57 Å². The van der Waals surface area contributed by atoms with Gasteiger partial charge in [-0.3, -0.25) is 4.79 Å². The molecule has 0 spiro atoms. The summed E-state index contributed by atoms with van der Waals surface area (Å²) in [5.74, 6) is 0.584. The number of halogens is 1. The van der Waals surface area contributed by atoms with Crippen molar-refractivity contribution < 1.29 is 9.53 Å². The Morgan fingerprint density at radius 2 is 1.77 bits per heavy atom. The lowest BCUT2D eigenvalue weighted by Crippen LogP contribution is -2.31. The van der Waals surface area contributed by atoms with Crippen molar-refractivity contribution in [3.8, 4) is 5.75 Å². The van der Waals surface area contributed by atoms with Crippen LogP contribution >= 0.6 is 22.6 Å². The Kier molecular flexibility index (Phi) is 6.24. The maximum absolute atomic E-state index is 12.0. The topological polar surface area (TPSA) is 38.3 Å². The van der Waals surface area contributed by atoms with Gasteiger partial charge in [-0.1, -0.05) is 31.2 Å². The smallest absolute Gasteiger partial charge is 0.258 e. The van der Waals surface area contributed by atoms with Crippen LogP contribution in [-0.4, -0.2) is 12.5 Å². The number of aryl methyl sites for hydroxylation is 1. The van der Waals surface area contributed by atoms with Crippen molar-refractivity contribution in [3.05, 3.63) is 63.2 Å².